The van der Waals surface area contributed by atoms with Gasteiger partial charge < -0.3 is 35.5 Å². The SMILES string of the molecule is COC(=O)[C@@H]1C[C@@H](O)CN1CCCNC(=O)c1c[nH]c(-c2cc(Oc3ccc(NC(=O)Nc4cc(C)ccc4F)cc3)ccn2)c1. The summed E-state index contributed by atoms with van der Waals surface area (Å²) in [6.07, 6.45) is 3.55. The van der Waals surface area contributed by atoms with Gasteiger partial charge in [-0.2, -0.15) is 0 Å². The number of ether oxygens (including phenoxy) is 2. The topological polar surface area (TPSA) is 158 Å². The number of rotatable bonds is 11. The van der Waals surface area contributed by atoms with Crippen LogP contribution in [-0.4, -0.2) is 76.8 Å². The zero-order chi connectivity index (χ0) is 32.6. The number of β-amino-alcohol motifs (C(OH)–C–C–N with tert-alkyl or cyclic N) is 1. The number of hydrogen-bond donors (Lipinski definition) is 5. The third-order valence-electron chi connectivity index (χ3n) is 7.43. The van der Waals surface area contributed by atoms with E-state index in [2.05, 4.69) is 25.9 Å². The predicted molar refractivity (Wildman–Crippen MR) is 169 cm³/mol. The second-order valence-corrected chi connectivity index (χ2v) is 10.9. The van der Waals surface area contributed by atoms with Gasteiger partial charge in [-0.15, -0.1) is 0 Å². The molecular weight excluding hydrogens is 595 g/mol. The third kappa shape index (κ3) is 8.25. The molecule has 12 nitrogen and oxygen atoms in total. The van der Waals surface area contributed by atoms with Crippen molar-refractivity contribution < 1.29 is 33.4 Å². The Labute approximate surface area is 264 Å². The Balaban J connectivity index is 1.11. The summed E-state index contributed by atoms with van der Waals surface area (Å²) < 4.78 is 24.7. The highest BCUT2D eigenvalue weighted by Gasteiger charge is 2.36. The number of amides is 3. The normalized spacial score (nSPS) is 16.1. The number of methoxy groups -OCH3 is 1. The first-order valence-electron chi connectivity index (χ1n) is 14.7. The lowest BCUT2D eigenvalue weighted by molar-refractivity contribution is -0.145. The summed E-state index contributed by atoms with van der Waals surface area (Å²) in [7, 11) is 1.33. The number of anilines is 2. The Kier molecular flexibility index (Phi) is 10.2. The quantitative estimate of drug-likeness (QED) is 0.118. The maximum absolute atomic E-state index is 13.9. The number of aliphatic hydroxyl groups excluding tert-OH is 1. The number of carbonyl (C=O) groups is 3. The van der Waals surface area contributed by atoms with Gasteiger partial charge in [-0.3, -0.25) is 19.5 Å². The molecule has 1 aliphatic rings. The Morgan fingerprint density at radius 1 is 1.07 bits per heavy atom. The van der Waals surface area contributed by atoms with E-state index < -0.39 is 24.0 Å². The monoisotopic (exact) mass is 630 g/mol. The smallest absolute Gasteiger partial charge is 0.323 e. The first-order chi connectivity index (χ1) is 22.2. The van der Waals surface area contributed by atoms with Crippen molar-refractivity contribution in [3.05, 3.63) is 90.0 Å². The molecule has 0 spiro atoms. The third-order valence-corrected chi connectivity index (χ3v) is 7.43. The number of aromatic nitrogens is 2. The molecule has 0 radical (unpaired) electrons. The fraction of sp³-hybridized carbons (Fsp3) is 0.273. The number of esters is 1. The van der Waals surface area contributed by atoms with E-state index >= 15 is 0 Å². The number of likely N-dealkylation sites (tertiary alicyclic amines) is 1. The summed E-state index contributed by atoms with van der Waals surface area (Å²) in [5.74, 6) is -0.123. The molecule has 13 heteroatoms. The van der Waals surface area contributed by atoms with E-state index in [-0.39, 0.29) is 17.6 Å². The van der Waals surface area contributed by atoms with Gasteiger partial charge in [-0.1, -0.05) is 6.07 Å². The molecule has 46 heavy (non-hydrogen) atoms. The van der Waals surface area contributed by atoms with Crippen molar-refractivity contribution in [3.63, 3.8) is 0 Å². The minimum atomic E-state index is -0.576. The maximum Gasteiger partial charge on any atom is 0.323 e. The van der Waals surface area contributed by atoms with Crippen LogP contribution in [0.4, 0.5) is 20.6 Å². The van der Waals surface area contributed by atoms with E-state index in [1.807, 2.05) is 4.90 Å². The minimum Gasteiger partial charge on any atom is -0.468 e. The van der Waals surface area contributed by atoms with E-state index in [0.717, 1.165) is 5.56 Å². The average molecular weight is 631 g/mol. The molecule has 2 aromatic carbocycles. The van der Waals surface area contributed by atoms with Gasteiger partial charge in [0.1, 0.15) is 23.4 Å². The summed E-state index contributed by atoms with van der Waals surface area (Å²) in [4.78, 5) is 46.3. The highest BCUT2D eigenvalue weighted by atomic mass is 19.1. The van der Waals surface area contributed by atoms with E-state index in [4.69, 9.17) is 9.47 Å². The molecule has 3 amide bonds. The van der Waals surface area contributed by atoms with Gasteiger partial charge in [0, 0.05) is 50.2 Å². The molecule has 2 aromatic heterocycles. The lowest BCUT2D eigenvalue weighted by Crippen LogP contribution is -2.38. The van der Waals surface area contributed by atoms with Gasteiger partial charge in [-0.05, 0) is 67.4 Å². The molecule has 1 aliphatic heterocycles. The number of benzene rings is 2. The van der Waals surface area contributed by atoms with Crippen LogP contribution < -0.4 is 20.7 Å². The fourth-order valence-corrected chi connectivity index (χ4v) is 5.15. The number of aromatic amines is 1. The highest BCUT2D eigenvalue weighted by molar-refractivity contribution is 6.00. The average Bonchev–Trinajstić information content (AvgIpc) is 3.69. The first kappa shape index (κ1) is 32.1. The second-order valence-electron chi connectivity index (χ2n) is 10.9. The molecule has 5 rings (SSSR count). The second kappa shape index (κ2) is 14.7. The van der Waals surface area contributed by atoms with Crippen LogP contribution in [0.1, 0.15) is 28.8 Å². The van der Waals surface area contributed by atoms with Crippen LogP contribution in [0.3, 0.4) is 0 Å². The van der Waals surface area contributed by atoms with Crippen LogP contribution in [0.2, 0.25) is 0 Å². The molecule has 0 bridgehead atoms. The van der Waals surface area contributed by atoms with Crippen LogP contribution in [-0.2, 0) is 9.53 Å². The number of nitrogens with zero attached hydrogens (tertiary/aromatic N) is 2. The summed E-state index contributed by atoms with van der Waals surface area (Å²) in [5.41, 5.74) is 3.02. The van der Waals surface area contributed by atoms with Crippen molar-refractivity contribution >= 4 is 29.3 Å². The molecule has 240 valence electrons. The highest BCUT2D eigenvalue weighted by Crippen LogP contribution is 2.27. The van der Waals surface area contributed by atoms with Crippen LogP contribution in [0.15, 0.2) is 73.1 Å². The van der Waals surface area contributed by atoms with E-state index in [9.17, 15) is 23.9 Å². The number of halogens is 1. The Morgan fingerprint density at radius 3 is 2.65 bits per heavy atom. The lowest BCUT2D eigenvalue weighted by Gasteiger charge is -2.21. The number of H-pyrrole nitrogens is 1. The zero-order valence-corrected chi connectivity index (χ0v) is 25.4. The lowest BCUT2D eigenvalue weighted by atomic mass is 10.2. The number of hydrogen-bond acceptors (Lipinski definition) is 8. The molecule has 5 N–H and O–H groups in total. The molecular formula is C33H35FN6O6. The summed E-state index contributed by atoms with van der Waals surface area (Å²) in [6, 6.07) is 15.2. The van der Waals surface area contributed by atoms with E-state index in [1.54, 1.807) is 73.9 Å². The zero-order valence-electron chi connectivity index (χ0n) is 25.4. The van der Waals surface area contributed by atoms with Crippen molar-refractivity contribution in [1.29, 1.82) is 0 Å². The van der Waals surface area contributed by atoms with Crippen LogP contribution in [0.5, 0.6) is 11.5 Å². The molecule has 0 saturated carbocycles. The van der Waals surface area contributed by atoms with Gasteiger partial charge in [0.15, 0.2) is 0 Å². The van der Waals surface area contributed by atoms with Gasteiger partial charge in [0.05, 0.1) is 35.9 Å². The number of aryl methyl sites for hydroxylation is 1. The summed E-state index contributed by atoms with van der Waals surface area (Å²) in [5, 5.41) is 18.0. The van der Waals surface area contributed by atoms with Crippen LogP contribution in [0.25, 0.3) is 11.4 Å². The molecule has 1 saturated heterocycles. The van der Waals surface area contributed by atoms with Gasteiger partial charge in [0.2, 0.25) is 0 Å². The van der Waals surface area contributed by atoms with Gasteiger partial charge in [-0.25, -0.2) is 9.18 Å². The standard InChI is InChI=1S/C33H35FN6O6/c1-20-4-9-26(34)27(14-20)39-33(44)38-22-5-7-24(8-6-22)46-25-10-12-35-29(17-25)28-15-21(18-37-28)31(42)36-11-3-13-40-19-23(41)16-30(40)32(43)45-2/h4-10,12,14-15,17-18,23,30,37,41H,3,11,13,16,19H2,1-2H3,(H,36,42)(H2,38,39,44)/t23-,30+/m1/s1. The molecule has 3 heterocycles. The van der Waals surface area contributed by atoms with Crippen molar-refractivity contribution in [2.24, 2.45) is 0 Å². The summed E-state index contributed by atoms with van der Waals surface area (Å²) >= 11 is 0. The number of urea groups is 1. The largest absolute Gasteiger partial charge is 0.468 e. The minimum absolute atomic E-state index is 0.0900. The molecule has 4 aromatic rings. The fourth-order valence-electron chi connectivity index (χ4n) is 5.15. The maximum atomic E-state index is 13.9. The molecule has 2 atom stereocenters. The molecule has 0 aliphatic carbocycles. The van der Waals surface area contributed by atoms with E-state index in [0.29, 0.717) is 66.6 Å². The van der Waals surface area contributed by atoms with Crippen molar-refractivity contribution in [2.75, 3.05) is 37.4 Å². The number of carbonyl (C=O) groups excluding carboxylic acids is 3. The van der Waals surface area contributed by atoms with Gasteiger partial charge in [0.25, 0.3) is 5.91 Å². The van der Waals surface area contributed by atoms with Crippen molar-refractivity contribution in [1.82, 2.24) is 20.2 Å². The number of pyridine rings is 1. The molecule has 1 fully saturated rings. The number of aliphatic hydroxyl groups is 1. The van der Waals surface area contributed by atoms with Crippen LogP contribution >= 0.6 is 0 Å². The van der Waals surface area contributed by atoms with Crippen molar-refractivity contribution in [3.8, 4) is 22.9 Å². The Morgan fingerprint density at radius 2 is 1.87 bits per heavy atom. The van der Waals surface area contributed by atoms with Gasteiger partial charge >= 0.3 is 12.0 Å². The number of nitrogens with one attached hydrogen (secondary N) is 4. The molecule has 0 unspecified atom stereocenters. The Bertz CT molecular complexity index is 1690. The van der Waals surface area contributed by atoms with Crippen LogP contribution in [0, 0.1) is 12.7 Å². The predicted octanol–water partition coefficient (Wildman–Crippen LogP) is 4.69. The summed E-state index contributed by atoms with van der Waals surface area (Å²) in [6.45, 7) is 3.13. The first-order valence-corrected chi connectivity index (χ1v) is 14.7. The van der Waals surface area contributed by atoms with E-state index in [1.165, 1.54) is 13.2 Å². The Hall–Kier alpha value is -5.27. The van der Waals surface area contributed by atoms with Crippen molar-refractivity contribution in [2.45, 2.75) is 31.9 Å².